The van der Waals surface area contributed by atoms with Crippen molar-refractivity contribution in [3.05, 3.63) is 46.8 Å². The number of ether oxygens (including phenoxy) is 1. The second-order valence-corrected chi connectivity index (χ2v) is 4.45. The van der Waals surface area contributed by atoms with E-state index < -0.39 is 6.10 Å². The molecule has 1 unspecified atom stereocenters. The molecule has 0 aliphatic rings. The number of aliphatic hydroxyl groups excluding tert-OH is 1. The summed E-state index contributed by atoms with van der Waals surface area (Å²) < 4.78 is 7.08. The highest BCUT2D eigenvalue weighted by Crippen LogP contribution is 2.33. The molecule has 2 rings (SSSR count). The lowest BCUT2D eigenvalue weighted by Gasteiger charge is -2.16. The van der Waals surface area contributed by atoms with E-state index in [1.54, 1.807) is 17.9 Å². The van der Waals surface area contributed by atoms with Crippen LogP contribution in [0.1, 0.15) is 28.5 Å². The average Bonchev–Trinajstić information content (AvgIpc) is 2.78. The third kappa shape index (κ3) is 2.11. The second kappa shape index (κ2) is 4.82. The smallest absolute Gasteiger partial charge is 0.128 e. The van der Waals surface area contributed by atoms with Crippen molar-refractivity contribution in [3.63, 3.8) is 0 Å². The van der Waals surface area contributed by atoms with Crippen LogP contribution in [0.2, 0.25) is 0 Å². The minimum Gasteiger partial charge on any atom is -0.496 e. The number of aryl methyl sites for hydroxylation is 2. The molecular weight excluding hydrogens is 228 g/mol. The van der Waals surface area contributed by atoms with Crippen LogP contribution < -0.4 is 4.74 Å². The highest BCUT2D eigenvalue weighted by molar-refractivity contribution is 5.48. The first-order valence-electron chi connectivity index (χ1n) is 5.86. The Morgan fingerprint density at radius 2 is 2.00 bits per heavy atom. The summed E-state index contributed by atoms with van der Waals surface area (Å²) in [6, 6.07) is 5.68. The van der Waals surface area contributed by atoms with E-state index >= 15 is 0 Å². The SMILES string of the molecule is COc1c(C(O)c2ccn(C)n2)ccc(C)c1C. The molecule has 0 aliphatic carbocycles. The van der Waals surface area contributed by atoms with Gasteiger partial charge in [0.25, 0.3) is 0 Å². The number of aromatic nitrogens is 2. The van der Waals surface area contributed by atoms with Gasteiger partial charge in [-0.25, -0.2) is 0 Å². The molecule has 0 amide bonds. The van der Waals surface area contributed by atoms with Crippen molar-refractivity contribution in [2.45, 2.75) is 20.0 Å². The molecule has 0 bridgehead atoms. The fourth-order valence-electron chi connectivity index (χ4n) is 2.04. The maximum absolute atomic E-state index is 10.4. The fraction of sp³-hybridized carbons (Fsp3) is 0.357. The Morgan fingerprint density at radius 1 is 1.28 bits per heavy atom. The lowest BCUT2D eigenvalue weighted by atomic mass is 9.99. The quantitative estimate of drug-likeness (QED) is 0.902. The molecule has 0 fully saturated rings. The molecule has 1 atom stereocenters. The predicted molar refractivity (Wildman–Crippen MR) is 69.7 cm³/mol. The third-order valence-electron chi connectivity index (χ3n) is 3.22. The van der Waals surface area contributed by atoms with Crippen LogP contribution in [-0.2, 0) is 7.05 Å². The van der Waals surface area contributed by atoms with Gasteiger partial charge in [-0.05, 0) is 31.0 Å². The predicted octanol–water partition coefficient (Wildman–Crippen LogP) is 2.13. The van der Waals surface area contributed by atoms with Crippen LogP contribution >= 0.6 is 0 Å². The van der Waals surface area contributed by atoms with E-state index in [2.05, 4.69) is 5.10 Å². The summed E-state index contributed by atoms with van der Waals surface area (Å²) in [6.07, 6.45) is 1.05. The summed E-state index contributed by atoms with van der Waals surface area (Å²) >= 11 is 0. The molecule has 1 N–H and O–H groups in total. The normalized spacial score (nSPS) is 12.5. The molecular formula is C14H18N2O2. The van der Waals surface area contributed by atoms with Gasteiger partial charge in [-0.1, -0.05) is 12.1 Å². The van der Waals surface area contributed by atoms with Crippen molar-refractivity contribution in [3.8, 4) is 5.75 Å². The van der Waals surface area contributed by atoms with Gasteiger partial charge in [0.2, 0.25) is 0 Å². The van der Waals surface area contributed by atoms with E-state index in [1.807, 2.05) is 39.2 Å². The average molecular weight is 246 g/mol. The summed E-state index contributed by atoms with van der Waals surface area (Å²) in [5.41, 5.74) is 3.56. The molecule has 0 saturated carbocycles. The molecule has 0 aliphatic heterocycles. The minimum atomic E-state index is -0.763. The van der Waals surface area contributed by atoms with E-state index in [9.17, 15) is 5.11 Å². The summed E-state index contributed by atoms with van der Waals surface area (Å²) in [5, 5.41) is 14.6. The molecule has 18 heavy (non-hydrogen) atoms. The lowest BCUT2D eigenvalue weighted by molar-refractivity contribution is 0.208. The second-order valence-electron chi connectivity index (χ2n) is 4.45. The third-order valence-corrected chi connectivity index (χ3v) is 3.22. The number of hydrogen-bond donors (Lipinski definition) is 1. The van der Waals surface area contributed by atoms with E-state index in [0.29, 0.717) is 5.69 Å². The van der Waals surface area contributed by atoms with Gasteiger partial charge < -0.3 is 9.84 Å². The van der Waals surface area contributed by atoms with Gasteiger partial charge in [-0.15, -0.1) is 0 Å². The van der Waals surface area contributed by atoms with Crippen molar-refractivity contribution >= 4 is 0 Å². The largest absolute Gasteiger partial charge is 0.496 e. The summed E-state index contributed by atoms with van der Waals surface area (Å²) in [6.45, 7) is 4.01. The molecule has 0 spiro atoms. The number of rotatable bonds is 3. The van der Waals surface area contributed by atoms with Crippen LogP contribution in [0.4, 0.5) is 0 Å². The van der Waals surface area contributed by atoms with E-state index in [0.717, 1.165) is 22.4 Å². The highest BCUT2D eigenvalue weighted by Gasteiger charge is 2.19. The zero-order valence-electron chi connectivity index (χ0n) is 11.1. The first-order chi connectivity index (χ1) is 8.54. The first-order valence-corrected chi connectivity index (χ1v) is 5.86. The lowest BCUT2D eigenvalue weighted by Crippen LogP contribution is -2.05. The van der Waals surface area contributed by atoms with E-state index in [1.165, 1.54) is 0 Å². The number of benzene rings is 1. The molecule has 4 heteroatoms. The number of methoxy groups -OCH3 is 1. The number of aliphatic hydroxyl groups is 1. The molecule has 0 saturated heterocycles. The fourth-order valence-corrected chi connectivity index (χ4v) is 2.04. The van der Waals surface area contributed by atoms with Gasteiger partial charge in [0.15, 0.2) is 0 Å². The van der Waals surface area contributed by atoms with Crippen molar-refractivity contribution in [1.82, 2.24) is 9.78 Å². The van der Waals surface area contributed by atoms with E-state index in [-0.39, 0.29) is 0 Å². The van der Waals surface area contributed by atoms with Crippen LogP contribution in [0, 0.1) is 13.8 Å². The molecule has 2 aromatic rings. The van der Waals surface area contributed by atoms with E-state index in [4.69, 9.17) is 4.74 Å². The summed E-state index contributed by atoms with van der Waals surface area (Å²) in [7, 11) is 3.45. The van der Waals surface area contributed by atoms with Crippen molar-refractivity contribution in [2.75, 3.05) is 7.11 Å². The van der Waals surface area contributed by atoms with Gasteiger partial charge >= 0.3 is 0 Å². The number of nitrogens with zero attached hydrogens (tertiary/aromatic N) is 2. The molecule has 1 heterocycles. The Morgan fingerprint density at radius 3 is 2.56 bits per heavy atom. The molecule has 4 nitrogen and oxygen atoms in total. The topological polar surface area (TPSA) is 47.3 Å². The maximum atomic E-state index is 10.4. The van der Waals surface area contributed by atoms with Crippen molar-refractivity contribution in [1.29, 1.82) is 0 Å². The van der Waals surface area contributed by atoms with Gasteiger partial charge in [0, 0.05) is 18.8 Å². The zero-order chi connectivity index (χ0) is 13.3. The van der Waals surface area contributed by atoms with Crippen LogP contribution in [-0.4, -0.2) is 22.0 Å². The Bertz CT molecular complexity index is 561. The Hall–Kier alpha value is -1.81. The van der Waals surface area contributed by atoms with Crippen LogP contribution in [0.3, 0.4) is 0 Å². The standard InChI is InChI=1S/C14H18N2O2/c1-9-5-6-11(14(18-4)10(9)2)13(17)12-7-8-16(3)15-12/h5-8,13,17H,1-4H3. The highest BCUT2D eigenvalue weighted by atomic mass is 16.5. The van der Waals surface area contributed by atoms with Crippen LogP contribution in [0.25, 0.3) is 0 Å². The zero-order valence-corrected chi connectivity index (χ0v) is 11.1. The Balaban J connectivity index is 2.48. The van der Waals surface area contributed by atoms with Crippen molar-refractivity contribution < 1.29 is 9.84 Å². The van der Waals surface area contributed by atoms with Gasteiger partial charge in [-0.3, -0.25) is 4.68 Å². The van der Waals surface area contributed by atoms with Crippen molar-refractivity contribution in [2.24, 2.45) is 7.05 Å². The van der Waals surface area contributed by atoms with Gasteiger partial charge in [-0.2, -0.15) is 5.10 Å². The number of hydrogen-bond acceptors (Lipinski definition) is 3. The monoisotopic (exact) mass is 246 g/mol. The summed E-state index contributed by atoms with van der Waals surface area (Å²) in [4.78, 5) is 0. The summed E-state index contributed by atoms with van der Waals surface area (Å²) in [5.74, 6) is 0.730. The Labute approximate surface area is 107 Å². The van der Waals surface area contributed by atoms with Gasteiger partial charge in [0.1, 0.15) is 11.9 Å². The van der Waals surface area contributed by atoms with Crippen LogP contribution in [0.5, 0.6) is 5.75 Å². The Kier molecular flexibility index (Phi) is 3.39. The molecule has 1 aromatic heterocycles. The first kappa shape index (κ1) is 12.6. The van der Waals surface area contributed by atoms with Crippen LogP contribution in [0.15, 0.2) is 24.4 Å². The molecule has 0 radical (unpaired) electrons. The molecule has 1 aromatic carbocycles. The maximum Gasteiger partial charge on any atom is 0.128 e. The van der Waals surface area contributed by atoms with Gasteiger partial charge in [0.05, 0.1) is 12.8 Å². The minimum absolute atomic E-state index is 0.624. The molecule has 96 valence electrons.